The maximum atomic E-state index is 12.8. The van der Waals surface area contributed by atoms with Crippen molar-refractivity contribution >= 4 is 0 Å². The maximum absolute atomic E-state index is 12.8. The van der Waals surface area contributed by atoms with Crippen molar-refractivity contribution in [3.63, 3.8) is 0 Å². The van der Waals surface area contributed by atoms with Gasteiger partial charge in [0.1, 0.15) is 5.75 Å². The smallest absolute Gasteiger partial charge is 0.391 e. The Balaban J connectivity index is 2.25. The molecule has 1 saturated carbocycles. The van der Waals surface area contributed by atoms with Crippen LogP contribution in [0.5, 0.6) is 5.75 Å². The minimum atomic E-state index is -4.10. The third-order valence-electron chi connectivity index (χ3n) is 4.62. The van der Waals surface area contributed by atoms with E-state index in [4.69, 9.17) is 10.5 Å². The molecule has 118 valence electrons. The highest BCUT2D eigenvalue weighted by Crippen LogP contribution is 2.45. The van der Waals surface area contributed by atoms with E-state index in [1.807, 2.05) is 26.0 Å². The van der Waals surface area contributed by atoms with E-state index in [1.54, 1.807) is 7.11 Å². The Bertz CT molecular complexity index is 517. The Kier molecular flexibility index (Phi) is 4.24. The lowest BCUT2D eigenvalue weighted by Crippen LogP contribution is -2.43. The summed E-state index contributed by atoms with van der Waals surface area (Å²) >= 11 is 0. The van der Waals surface area contributed by atoms with E-state index in [9.17, 15) is 13.2 Å². The molecule has 1 aromatic carbocycles. The van der Waals surface area contributed by atoms with Crippen LogP contribution in [0.15, 0.2) is 12.1 Å². The number of methoxy groups -OCH3 is 1. The van der Waals surface area contributed by atoms with E-state index >= 15 is 0 Å². The van der Waals surface area contributed by atoms with Crippen LogP contribution in [0.3, 0.4) is 0 Å². The van der Waals surface area contributed by atoms with Crippen LogP contribution in [-0.2, 0) is 5.54 Å². The molecule has 0 amide bonds. The molecule has 0 bridgehead atoms. The van der Waals surface area contributed by atoms with Crippen molar-refractivity contribution < 1.29 is 17.9 Å². The first kappa shape index (κ1) is 16.1. The molecule has 2 rings (SSSR count). The van der Waals surface area contributed by atoms with Gasteiger partial charge in [-0.3, -0.25) is 0 Å². The van der Waals surface area contributed by atoms with E-state index in [1.165, 1.54) is 0 Å². The van der Waals surface area contributed by atoms with Gasteiger partial charge in [0.05, 0.1) is 13.0 Å². The monoisotopic (exact) mass is 301 g/mol. The number of ether oxygens (including phenoxy) is 1. The molecule has 1 aliphatic rings. The van der Waals surface area contributed by atoms with Crippen LogP contribution >= 0.6 is 0 Å². The predicted octanol–water partition coefficient (Wildman–Crippen LogP) is 4.22. The zero-order valence-electron chi connectivity index (χ0n) is 12.7. The minimum absolute atomic E-state index is 0.102. The third-order valence-corrected chi connectivity index (χ3v) is 4.62. The number of benzene rings is 1. The zero-order valence-corrected chi connectivity index (χ0v) is 12.7. The van der Waals surface area contributed by atoms with Crippen LogP contribution in [-0.4, -0.2) is 13.3 Å². The van der Waals surface area contributed by atoms with Crippen LogP contribution in [0, 0.1) is 19.8 Å². The van der Waals surface area contributed by atoms with Crippen molar-refractivity contribution in [2.75, 3.05) is 7.11 Å². The lowest BCUT2D eigenvalue weighted by molar-refractivity contribution is -0.184. The number of nitrogens with two attached hydrogens (primary N) is 1. The average Bonchev–Trinajstić information content (AvgIpc) is 2.40. The second kappa shape index (κ2) is 5.52. The Morgan fingerprint density at radius 1 is 1.14 bits per heavy atom. The molecule has 2 N–H and O–H groups in total. The Hall–Kier alpha value is -1.23. The summed E-state index contributed by atoms with van der Waals surface area (Å²) in [4.78, 5) is 0. The van der Waals surface area contributed by atoms with Crippen LogP contribution < -0.4 is 10.5 Å². The normalized spacial score (nSPS) is 26.7. The number of halogens is 3. The highest BCUT2D eigenvalue weighted by molar-refractivity contribution is 5.44. The second-order valence-electron chi connectivity index (χ2n) is 6.11. The summed E-state index contributed by atoms with van der Waals surface area (Å²) in [5, 5.41) is 0. The van der Waals surface area contributed by atoms with Gasteiger partial charge in [-0.05, 0) is 62.3 Å². The van der Waals surface area contributed by atoms with Crippen molar-refractivity contribution in [3.8, 4) is 5.75 Å². The summed E-state index contributed by atoms with van der Waals surface area (Å²) in [5.41, 5.74) is 8.66. The molecule has 0 saturated heterocycles. The minimum Gasteiger partial charge on any atom is -0.496 e. The second-order valence-corrected chi connectivity index (χ2v) is 6.11. The molecule has 0 unspecified atom stereocenters. The van der Waals surface area contributed by atoms with Crippen LogP contribution in [0.1, 0.15) is 42.4 Å². The quantitative estimate of drug-likeness (QED) is 0.887. The first-order valence-electron chi connectivity index (χ1n) is 7.18. The molecule has 0 spiro atoms. The van der Waals surface area contributed by atoms with Gasteiger partial charge in [-0.25, -0.2) is 0 Å². The number of alkyl halides is 3. The molecule has 0 aromatic heterocycles. The first-order valence-corrected chi connectivity index (χ1v) is 7.18. The molecule has 0 aliphatic heterocycles. The Labute approximate surface area is 123 Å². The van der Waals surface area contributed by atoms with E-state index in [0.29, 0.717) is 12.8 Å². The number of rotatable bonds is 2. The van der Waals surface area contributed by atoms with Gasteiger partial charge in [-0.1, -0.05) is 6.07 Å². The maximum Gasteiger partial charge on any atom is 0.391 e. The van der Waals surface area contributed by atoms with Crippen LogP contribution in [0.2, 0.25) is 0 Å². The van der Waals surface area contributed by atoms with Crippen molar-refractivity contribution in [2.45, 2.75) is 51.2 Å². The van der Waals surface area contributed by atoms with Gasteiger partial charge in [-0.2, -0.15) is 13.2 Å². The lowest BCUT2D eigenvalue weighted by atomic mass is 9.72. The highest BCUT2D eigenvalue weighted by Gasteiger charge is 2.45. The van der Waals surface area contributed by atoms with Crippen LogP contribution in [0.25, 0.3) is 0 Å². The zero-order chi connectivity index (χ0) is 15.8. The molecule has 0 atom stereocenters. The van der Waals surface area contributed by atoms with E-state index in [2.05, 4.69) is 0 Å². The Morgan fingerprint density at radius 3 is 2.19 bits per heavy atom. The van der Waals surface area contributed by atoms with Gasteiger partial charge in [0, 0.05) is 5.54 Å². The molecule has 0 heterocycles. The predicted molar refractivity (Wildman–Crippen MR) is 76.3 cm³/mol. The summed E-state index contributed by atoms with van der Waals surface area (Å²) in [6.07, 6.45) is -3.17. The van der Waals surface area contributed by atoms with Gasteiger partial charge >= 0.3 is 6.18 Å². The summed E-state index contributed by atoms with van der Waals surface area (Å²) in [6.45, 7) is 3.86. The van der Waals surface area contributed by atoms with E-state index in [0.717, 1.165) is 22.4 Å². The first-order chi connectivity index (χ1) is 9.67. The van der Waals surface area contributed by atoms with Gasteiger partial charge in [0.15, 0.2) is 0 Å². The van der Waals surface area contributed by atoms with Gasteiger partial charge in [0.2, 0.25) is 0 Å². The van der Waals surface area contributed by atoms with Crippen LogP contribution in [0.4, 0.5) is 13.2 Å². The Morgan fingerprint density at radius 2 is 1.71 bits per heavy atom. The van der Waals surface area contributed by atoms with E-state index in [-0.39, 0.29) is 12.8 Å². The van der Waals surface area contributed by atoms with Crippen molar-refractivity contribution in [1.29, 1.82) is 0 Å². The molecule has 1 aromatic rings. The summed E-state index contributed by atoms with van der Waals surface area (Å²) < 4.78 is 43.6. The third kappa shape index (κ3) is 3.18. The molecule has 1 aliphatic carbocycles. The fraction of sp³-hybridized carbons (Fsp3) is 0.625. The average molecular weight is 301 g/mol. The molecule has 21 heavy (non-hydrogen) atoms. The molecule has 1 fully saturated rings. The van der Waals surface area contributed by atoms with Crippen molar-refractivity contribution in [1.82, 2.24) is 0 Å². The van der Waals surface area contributed by atoms with Crippen molar-refractivity contribution in [2.24, 2.45) is 11.7 Å². The van der Waals surface area contributed by atoms with E-state index < -0.39 is 17.6 Å². The number of aryl methyl sites for hydroxylation is 2. The topological polar surface area (TPSA) is 35.2 Å². The van der Waals surface area contributed by atoms with Gasteiger partial charge in [0.25, 0.3) is 0 Å². The van der Waals surface area contributed by atoms with Gasteiger partial charge < -0.3 is 10.5 Å². The van der Waals surface area contributed by atoms with Gasteiger partial charge in [-0.15, -0.1) is 0 Å². The largest absolute Gasteiger partial charge is 0.496 e. The summed E-state index contributed by atoms with van der Waals surface area (Å²) in [6, 6.07) is 3.87. The fourth-order valence-electron chi connectivity index (χ4n) is 3.28. The molecule has 0 radical (unpaired) electrons. The standard InChI is InChI=1S/C16H22F3NO/c1-10-9-14(21-3)11(2)8-13(10)15(20)6-4-12(5-7-15)16(17,18)19/h8-9,12H,4-7,20H2,1-3H3. The number of hydrogen-bond acceptors (Lipinski definition) is 2. The fourth-order valence-corrected chi connectivity index (χ4v) is 3.28. The SMILES string of the molecule is COc1cc(C)c(C2(N)CCC(C(F)(F)F)CC2)cc1C. The molecule has 5 heteroatoms. The molecular formula is C16H22F3NO. The summed E-state index contributed by atoms with van der Waals surface area (Å²) in [7, 11) is 1.61. The number of hydrogen-bond donors (Lipinski definition) is 1. The molecule has 2 nitrogen and oxygen atoms in total. The molecular weight excluding hydrogens is 279 g/mol. The highest BCUT2D eigenvalue weighted by atomic mass is 19.4. The lowest BCUT2D eigenvalue weighted by Gasteiger charge is -2.39. The van der Waals surface area contributed by atoms with Crippen molar-refractivity contribution in [3.05, 3.63) is 28.8 Å². The summed E-state index contributed by atoms with van der Waals surface area (Å²) in [5.74, 6) is -0.433.